The lowest BCUT2D eigenvalue weighted by atomic mass is 9.91. The molecule has 5 rings (SSSR count). The van der Waals surface area contributed by atoms with Crippen molar-refractivity contribution in [1.29, 1.82) is 0 Å². The van der Waals surface area contributed by atoms with Crippen LogP contribution in [0.2, 0.25) is 0 Å². The van der Waals surface area contributed by atoms with Gasteiger partial charge in [-0.2, -0.15) is 17.7 Å². The van der Waals surface area contributed by atoms with E-state index in [1.807, 2.05) is 30.6 Å². The first-order chi connectivity index (χ1) is 24.3. The molecule has 3 heterocycles. The number of nitrogens with one attached hydrogen (secondary N) is 2. The first-order valence-electron chi connectivity index (χ1n) is 17.9. The molecule has 1 aliphatic carbocycles. The Bertz CT molecular complexity index is 1840. The smallest absolute Gasteiger partial charge is 0.408 e. The standard InChI is InChI=1S/C36H51FN6O8S/c1-22(2)43-28-16-15-24(37)17-27(28)38-33(43)50-25-18-29-30(44)20-36(32(46)40-52(48,49)41(6)7)19-23(36)13-11-9-8-10-12-14-26(31(45)42(29)21-25)39-34(47)51-35(3,4)5/h11,13,15-17,22-23,25-26,29H,8-10,12,14,18-21H2,1-7H3,(H,39,47)(H,40,46)/b13-11-/t23-,25+,26-,29-,36+/m0/s1. The van der Waals surface area contributed by atoms with Gasteiger partial charge in [0.25, 0.3) is 6.01 Å². The molecule has 3 amide bonds. The Morgan fingerprint density at radius 1 is 1.13 bits per heavy atom. The third-order valence-electron chi connectivity index (χ3n) is 9.82. The Morgan fingerprint density at radius 2 is 1.87 bits per heavy atom. The van der Waals surface area contributed by atoms with Gasteiger partial charge in [0.2, 0.25) is 11.8 Å². The summed E-state index contributed by atoms with van der Waals surface area (Å²) in [5.74, 6) is -2.53. The van der Waals surface area contributed by atoms with E-state index in [-0.39, 0.29) is 43.8 Å². The van der Waals surface area contributed by atoms with E-state index in [4.69, 9.17) is 9.47 Å². The number of nitrogens with zero attached hydrogens (tertiary/aromatic N) is 4. The average molecular weight is 747 g/mol. The van der Waals surface area contributed by atoms with E-state index in [1.54, 1.807) is 26.8 Å². The van der Waals surface area contributed by atoms with Crippen LogP contribution in [-0.2, 0) is 29.3 Å². The van der Waals surface area contributed by atoms with Gasteiger partial charge in [-0.25, -0.2) is 13.9 Å². The number of aromatic nitrogens is 2. The number of amides is 3. The molecule has 52 heavy (non-hydrogen) atoms. The van der Waals surface area contributed by atoms with Crippen LogP contribution in [0.1, 0.15) is 92.0 Å². The number of fused-ring (bicyclic) bond motifs is 3. The molecule has 2 N–H and O–H groups in total. The Hall–Kier alpha value is -4.05. The van der Waals surface area contributed by atoms with Crippen LogP contribution in [0.3, 0.4) is 0 Å². The number of ether oxygens (including phenoxy) is 2. The average Bonchev–Trinajstić information content (AvgIpc) is 3.37. The lowest BCUT2D eigenvalue weighted by molar-refractivity contribution is -0.140. The molecule has 0 unspecified atom stereocenters. The van der Waals surface area contributed by atoms with Gasteiger partial charge in [0.15, 0.2) is 5.78 Å². The third-order valence-corrected chi connectivity index (χ3v) is 11.2. The largest absolute Gasteiger partial charge is 0.459 e. The number of allylic oxidation sites excluding steroid dienone is 2. The summed E-state index contributed by atoms with van der Waals surface area (Å²) in [6, 6.07) is 2.27. The highest BCUT2D eigenvalue weighted by Gasteiger charge is 2.61. The lowest BCUT2D eigenvalue weighted by Crippen LogP contribution is -2.53. The van der Waals surface area contributed by atoms with Gasteiger partial charge in [-0.15, -0.1) is 0 Å². The van der Waals surface area contributed by atoms with Crippen LogP contribution in [0, 0.1) is 17.2 Å². The second kappa shape index (κ2) is 15.1. The van der Waals surface area contributed by atoms with Crippen molar-refractivity contribution in [3.63, 3.8) is 0 Å². The van der Waals surface area contributed by atoms with E-state index in [2.05, 4.69) is 15.0 Å². The van der Waals surface area contributed by atoms with Crippen molar-refractivity contribution in [3.05, 3.63) is 36.2 Å². The number of benzene rings is 1. The Morgan fingerprint density at radius 3 is 2.54 bits per heavy atom. The van der Waals surface area contributed by atoms with Crippen LogP contribution in [0.4, 0.5) is 9.18 Å². The first-order valence-corrected chi connectivity index (χ1v) is 19.3. The van der Waals surface area contributed by atoms with E-state index in [0.29, 0.717) is 30.3 Å². The van der Waals surface area contributed by atoms with Crippen LogP contribution in [0.15, 0.2) is 30.4 Å². The minimum Gasteiger partial charge on any atom is -0.459 e. The number of hydrogen-bond donors (Lipinski definition) is 2. The summed E-state index contributed by atoms with van der Waals surface area (Å²) >= 11 is 0. The van der Waals surface area contributed by atoms with Crippen LogP contribution in [-0.4, -0.2) is 95.3 Å². The second-order valence-electron chi connectivity index (χ2n) is 15.6. The van der Waals surface area contributed by atoms with Crippen LogP contribution >= 0.6 is 0 Å². The summed E-state index contributed by atoms with van der Waals surface area (Å²) in [4.78, 5) is 61.4. The van der Waals surface area contributed by atoms with Gasteiger partial charge >= 0.3 is 16.3 Å². The normalized spacial score (nSPS) is 26.7. The second-order valence-corrected chi connectivity index (χ2v) is 17.5. The molecule has 0 bridgehead atoms. The molecule has 1 aromatic carbocycles. The predicted octanol–water partition coefficient (Wildman–Crippen LogP) is 4.41. The topological polar surface area (TPSA) is 169 Å². The summed E-state index contributed by atoms with van der Waals surface area (Å²) in [6.07, 6.45) is 5.48. The Kier molecular flexibility index (Phi) is 11.4. The van der Waals surface area contributed by atoms with Gasteiger partial charge < -0.3 is 19.7 Å². The molecule has 5 atom stereocenters. The maximum absolute atomic E-state index is 14.4. The molecule has 1 saturated carbocycles. The van der Waals surface area contributed by atoms with E-state index >= 15 is 0 Å². The van der Waals surface area contributed by atoms with Gasteiger partial charge in [0, 0.05) is 39.0 Å². The van der Waals surface area contributed by atoms with Gasteiger partial charge in [-0.05, 0) is 78.4 Å². The molecule has 3 aliphatic rings. The minimum atomic E-state index is -4.14. The summed E-state index contributed by atoms with van der Waals surface area (Å²) in [5.41, 5.74) is -1.10. The summed E-state index contributed by atoms with van der Waals surface area (Å²) in [7, 11) is -1.54. The van der Waals surface area contributed by atoms with Gasteiger partial charge in [-0.3, -0.25) is 19.0 Å². The highest BCUT2D eigenvalue weighted by molar-refractivity contribution is 7.87. The number of carbonyl (C=O) groups is 4. The molecule has 1 saturated heterocycles. The summed E-state index contributed by atoms with van der Waals surface area (Å²) < 4.78 is 56.2. The van der Waals surface area contributed by atoms with Crippen LogP contribution in [0.25, 0.3) is 11.0 Å². The van der Waals surface area contributed by atoms with Crippen molar-refractivity contribution in [2.24, 2.45) is 11.3 Å². The number of hydrogen-bond acceptors (Lipinski definition) is 9. The highest BCUT2D eigenvalue weighted by atomic mass is 32.2. The molecule has 0 spiro atoms. The maximum Gasteiger partial charge on any atom is 0.408 e. The minimum absolute atomic E-state index is 0.0328. The molecule has 2 fully saturated rings. The van der Waals surface area contributed by atoms with E-state index < -0.39 is 68.9 Å². The van der Waals surface area contributed by atoms with Gasteiger partial charge in [0.05, 0.1) is 29.0 Å². The van der Waals surface area contributed by atoms with Crippen LogP contribution < -0.4 is 14.8 Å². The fraction of sp³-hybridized carbons (Fsp3) is 0.639. The van der Waals surface area contributed by atoms with Gasteiger partial charge in [-0.1, -0.05) is 25.0 Å². The first kappa shape index (κ1) is 39.2. The maximum atomic E-state index is 14.4. The van der Waals surface area contributed by atoms with E-state index in [1.165, 1.54) is 31.1 Å². The fourth-order valence-corrected chi connectivity index (χ4v) is 7.66. The molecule has 1 aromatic heterocycles. The molecule has 2 aliphatic heterocycles. The number of ketones is 1. The van der Waals surface area contributed by atoms with Crippen molar-refractivity contribution >= 4 is 44.9 Å². The molecular formula is C36H51FN6O8S. The van der Waals surface area contributed by atoms with E-state index in [0.717, 1.165) is 17.1 Å². The van der Waals surface area contributed by atoms with Crippen molar-refractivity contribution in [2.45, 2.75) is 116 Å². The molecule has 286 valence electrons. The summed E-state index contributed by atoms with van der Waals surface area (Å²) in [5, 5.41) is 2.73. The summed E-state index contributed by atoms with van der Waals surface area (Å²) in [6.45, 7) is 8.98. The van der Waals surface area contributed by atoms with Gasteiger partial charge in [0.1, 0.15) is 23.6 Å². The monoisotopic (exact) mass is 746 g/mol. The number of carbonyl (C=O) groups excluding carboxylic acids is 4. The van der Waals surface area contributed by atoms with Crippen molar-refractivity contribution in [3.8, 4) is 6.01 Å². The zero-order valence-corrected chi connectivity index (χ0v) is 31.8. The zero-order valence-electron chi connectivity index (χ0n) is 31.0. The van der Waals surface area contributed by atoms with Crippen LogP contribution in [0.5, 0.6) is 6.01 Å². The van der Waals surface area contributed by atoms with Crippen molar-refractivity contribution in [2.75, 3.05) is 20.6 Å². The highest BCUT2D eigenvalue weighted by Crippen LogP contribution is 2.57. The quantitative estimate of drug-likeness (QED) is 0.390. The van der Waals surface area contributed by atoms with E-state index in [9.17, 15) is 32.0 Å². The predicted molar refractivity (Wildman–Crippen MR) is 191 cm³/mol. The number of imidazole rings is 1. The zero-order chi connectivity index (χ0) is 38.2. The molecular weight excluding hydrogens is 695 g/mol. The number of alkyl carbamates (subject to hydrolysis) is 1. The Labute approximate surface area is 304 Å². The molecule has 14 nitrogen and oxygen atoms in total. The van der Waals surface area contributed by atoms with Crippen molar-refractivity contribution < 1.29 is 41.5 Å². The fourth-order valence-electron chi connectivity index (χ4n) is 7.04. The molecule has 16 heteroatoms. The molecule has 0 radical (unpaired) electrons. The molecule has 2 aromatic rings. The number of rotatable bonds is 7. The Balaban J connectivity index is 1.50. The lowest BCUT2D eigenvalue weighted by Gasteiger charge is -2.30. The number of halogens is 1. The third kappa shape index (κ3) is 8.76. The van der Waals surface area contributed by atoms with Crippen molar-refractivity contribution in [1.82, 2.24) is 28.8 Å². The SMILES string of the molecule is CC(C)n1c(O[C@@H]2C[C@H]3C(=O)C[C@]4(C(=O)NS(=O)(=O)N(C)C)C[C@@H]4/C=C\CCCCC[C@H](NC(=O)OC(C)(C)C)C(=O)N3C2)nc2cc(F)ccc21. The number of Topliss-reactive ketones (excluding diaryl/α,β-unsaturated/α-hetero) is 1.